The van der Waals surface area contributed by atoms with Crippen molar-refractivity contribution in [2.24, 2.45) is 0 Å². The van der Waals surface area contributed by atoms with Gasteiger partial charge in [0, 0.05) is 50.3 Å². The molecule has 0 unspecified atom stereocenters. The van der Waals surface area contributed by atoms with E-state index in [-0.39, 0.29) is 17.0 Å². The Labute approximate surface area is 223 Å². The van der Waals surface area contributed by atoms with Gasteiger partial charge < -0.3 is 20.1 Å². The second-order valence-electron chi connectivity index (χ2n) is 10.0. The number of aromatic nitrogens is 4. The smallest absolute Gasteiger partial charge is 0.269 e. The van der Waals surface area contributed by atoms with Gasteiger partial charge in [0.05, 0.1) is 28.0 Å². The van der Waals surface area contributed by atoms with Gasteiger partial charge in [0.2, 0.25) is 0 Å². The number of hydrogen-bond donors (Lipinski definition) is 3. The number of H-pyrrole nitrogens is 2. The van der Waals surface area contributed by atoms with E-state index < -0.39 is 11.7 Å². The summed E-state index contributed by atoms with van der Waals surface area (Å²) in [6, 6.07) is 9.84. The monoisotopic (exact) mass is 529 g/mol. The summed E-state index contributed by atoms with van der Waals surface area (Å²) in [6.45, 7) is 3.93. The van der Waals surface area contributed by atoms with Crippen molar-refractivity contribution >= 4 is 28.5 Å². The van der Waals surface area contributed by atoms with Gasteiger partial charge in [0.25, 0.3) is 17.4 Å². The van der Waals surface area contributed by atoms with Crippen LogP contribution in [0.5, 0.6) is 0 Å². The number of benzene rings is 2. The van der Waals surface area contributed by atoms with Gasteiger partial charge in [-0.2, -0.15) is 5.10 Å². The molecule has 4 heterocycles. The number of fused-ring (bicyclic) bond motifs is 2. The van der Waals surface area contributed by atoms with Crippen LogP contribution in [0, 0.1) is 12.7 Å². The number of aromatic amines is 2. The fourth-order valence-corrected chi connectivity index (χ4v) is 5.36. The lowest BCUT2D eigenvalue weighted by molar-refractivity contribution is 0.0533. The second kappa shape index (κ2) is 9.97. The number of halogens is 1. The molecule has 1 saturated heterocycles. The molecule has 11 heteroatoms. The molecule has 2 aliphatic heterocycles. The van der Waals surface area contributed by atoms with Crippen LogP contribution < -0.4 is 10.9 Å². The van der Waals surface area contributed by atoms with E-state index >= 15 is 0 Å². The summed E-state index contributed by atoms with van der Waals surface area (Å²) in [5.41, 5.74) is 4.71. The third-order valence-electron chi connectivity index (χ3n) is 7.40. The van der Waals surface area contributed by atoms with Crippen molar-refractivity contribution in [3.63, 3.8) is 0 Å². The number of anilines is 1. The maximum Gasteiger partial charge on any atom is 0.269 e. The molecule has 2 aliphatic rings. The number of nitrogens with one attached hydrogen (secondary N) is 3. The van der Waals surface area contributed by atoms with Gasteiger partial charge >= 0.3 is 0 Å². The van der Waals surface area contributed by atoms with Crippen molar-refractivity contribution in [3.8, 4) is 0 Å². The molecule has 39 heavy (non-hydrogen) atoms. The Balaban J connectivity index is 1.14. The highest BCUT2D eigenvalue weighted by Gasteiger charge is 2.27. The predicted octanol–water partition coefficient (Wildman–Crippen LogP) is 2.64. The van der Waals surface area contributed by atoms with Gasteiger partial charge in [-0.15, -0.1) is 0 Å². The molecular formula is C28H28FN7O3. The lowest BCUT2D eigenvalue weighted by Gasteiger charge is -2.35. The largest absolute Gasteiger partial charge is 0.383 e. The van der Waals surface area contributed by atoms with Gasteiger partial charge in [-0.1, -0.05) is 6.07 Å². The van der Waals surface area contributed by atoms with Crippen LogP contribution in [0.15, 0.2) is 41.2 Å². The number of aryl methyl sites for hydroxylation is 1. The number of rotatable bonds is 4. The number of amides is 2. The zero-order valence-corrected chi connectivity index (χ0v) is 21.5. The summed E-state index contributed by atoms with van der Waals surface area (Å²) >= 11 is 0. The molecule has 0 spiro atoms. The van der Waals surface area contributed by atoms with Crippen LogP contribution in [0.25, 0.3) is 11.0 Å². The minimum absolute atomic E-state index is 0.0152. The van der Waals surface area contributed by atoms with Crippen LogP contribution in [0.1, 0.15) is 49.8 Å². The van der Waals surface area contributed by atoms with E-state index in [4.69, 9.17) is 0 Å². The number of carbonyl (C=O) groups is 2. The quantitative estimate of drug-likeness (QED) is 0.373. The first-order valence-electron chi connectivity index (χ1n) is 13.0. The summed E-state index contributed by atoms with van der Waals surface area (Å²) in [7, 11) is 0. The molecule has 0 bridgehead atoms. The lowest BCUT2D eigenvalue weighted by Crippen LogP contribution is -2.50. The number of nitrogens with zero attached hydrogens (tertiary/aromatic N) is 4. The number of piperazine rings is 1. The molecule has 0 saturated carbocycles. The fraction of sp³-hybridized carbons (Fsp3) is 0.321. The van der Waals surface area contributed by atoms with Crippen LogP contribution >= 0.6 is 0 Å². The first-order chi connectivity index (χ1) is 18.9. The third kappa shape index (κ3) is 4.75. The van der Waals surface area contributed by atoms with E-state index in [0.717, 1.165) is 35.5 Å². The zero-order valence-electron chi connectivity index (χ0n) is 21.5. The minimum atomic E-state index is -0.597. The topological polar surface area (TPSA) is 127 Å². The lowest BCUT2D eigenvalue weighted by atomic mass is 9.99. The Morgan fingerprint density at radius 3 is 2.59 bits per heavy atom. The molecule has 0 radical (unpaired) electrons. The van der Waals surface area contributed by atoms with Crippen molar-refractivity contribution in [1.29, 1.82) is 0 Å². The molecule has 200 valence electrons. The summed E-state index contributed by atoms with van der Waals surface area (Å²) in [4.78, 5) is 49.3. The zero-order chi connectivity index (χ0) is 27.1. The van der Waals surface area contributed by atoms with Crippen LogP contribution in [0.4, 0.5) is 10.1 Å². The maximum atomic E-state index is 14.8. The molecule has 4 aromatic rings. The summed E-state index contributed by atoms with van der Waals surface area (Å²) in [6.07, 6.45) is 1.88. The van der Waals surface area contributed by atoms with Crippen molar-refractivity contribution in [3.05, 3.63) is 86.3 Å². The van der Waals surface area contributed by atoms with E-state index in [9.17, 15) is 18.8 Å². The normalized spacial score (nSPS) is 15.2. The minimum Gasteiger partial charge on any atom is -0.383 e. The van der Waals surface area contributed by atoms with Gasteiger partial charge in [0.15, 0.2) is 0 Å². The standard InChI is InChI=1S/C28H28FN7O3/c1-16-31-22-7-5-18(15-23(22)32-16)27(38)35-9-11-36(12-10-35)28(39)20-13-17(4-6-21(20)29)14-24-25-19(3-2-8-30-25)26(37)34-33-24/h4-7,13,15,30H,2-3,8-12,14H2,1H3,(H,31,32)(H,34,37). The van der Waals surface area contributed by atoms with Gasteiger partial charge in [-0.3, -0.25) is 14.4 Å². The number of hydrogen-bond acceptors (Lipinski definition) is 6. The number of carbonyl (C=O) groups excluding carboxylic acids is 2. The first kappa shape index (κ1) is 24.8. The fourth-order valence-electron chi connectivity index (χ4n) is 5.36. The van der Waals surface area contributed by atoms with Gasteiger partial charge in [-0.05, 0) is 55.7 Å². The molecule has 3 N–H and O–H groups in total. The average Bonchev–Trinajstić information content (AvgIpc) is 3.34. The molecule has 6 rings (SSSR count). The maximum absolute atomic E-state index is 14.8. The Bertz CT molecular complexity index is 1650. The molecular weight excluding hydrogens is 501 g/mol. The van der Waals surface area contributed by atoms with Crippen molar-refractivity contribution in [2.45, 2.75) is 26.2 Å². The molecule has 2 aromatic heterocycles. The Morgan fingerprint density at radius 1 is 1.03 bits per heavy atom. The van der Waals surface area contributed by atoms with Crippen LogP contribution in [0.3, 0.4) is 0 Å². The van der Waals surface area contributed by atoms with Crippen LogP contribution in [0.2, 0.25) is 0 Å². The highest BCUT2D eigenvalue weighted by molar-refractivity contribution is 5.98. The van der Waals surface area contributed by atoms with Crippen LogP contribution in [-0.4, -0.2) is 74.5 Å². The second-order valence-corrected chi connectivity index (χ2v) is 10.0. The molecule has 0 aliphatic carbocycles. The molecule has 2 amide bonds. The Hall–Kier alpha value is -4.54. The summed E-state index contributed by atoms with van der Waals surface area (Å²) in [5.74, 6) is -0.343. The Kier molecular flexibility index (Phi) is 6.34. The number of imidazole rings is 1. The van der Waals surface area contributed by atoms with Crippen molar-refractivity contribution in [1.82, 2.24) is 30.0 Å². The third-order valence-corrected chi connectivity index (χ3v) is 7.40. The van der Waals surface area contributed by atoms with E-state index in [0.29, 0.717) is 61.4 Å². The highest BCUT2D eigenvalue weighted by Crippen LogP contribution is 2.25. The van der Waals surface area contributed by atoms with Gasteiger partial charge in [0.1, 0.15) is 11.6 Å². The average molecular weight is 530 g/mol. The van der Waals surface area contributed by atoms with E-state index in [1.165, 1.54) is 6.07 Å². The molecule has 0 atom stereocenters. The highest BCUT2D eigenvalue weighted by atomic mass is 19.1. The van der Waals surface area contributed by atoms with Crippen molar-refractivity contribution < 1.29 is 14.0 Å². The predicted molar refractivity (Wildman–Crippen MR) is 144 cm³/mol. The Morgan fingerprint density at radius 2 is 1.79 bits per heavy atom. The molecule has 10 nitrogen and oxygen atoms in total. The summed E-state index contributed by atoms with van der Waals surface area (Å²) < 4.78 is 14.8. The summed E-state index contributed by atoms with van der Waals surface area (Å²) in [5, 5.41) is 10.0. The van der Waals surface area contributed by atoms with Gasteiger partial charge in [-0.25, -0.2) is 14.5 Å². The molecule has 1 fully saturated rings. The van der Waals surface area contributed by atoms with Crippen molar-refractivity contribution in [2.75, 3.05) is 38.0 Å². The van der Waals surface area contributed by atoms with E-state index in [2.05, 4.69) is 25.5 Å². The van der Waals surface area contributed by atoms with Crippen LogP contribution in [-0.2, 0) is 12.8 Å². The first-order valence-corrected chi connectivity index (χ1v) is 13.0. The SMILES string of the molecule is Cc1nc2ccc(C(=O)N3CCN(C(=O)c4cc(Cc5n[nH]c(=O)c6c5NCCC6)ccc4F)CC3)cc2[nH]1. The molecule has 2 aromatic carbocycles. The van der Waals surface area contributed by atoms with E-state index in [1.807, 2.05) is 13.0 Å². The van der Waals surface area contributed by atoms with E-state index in [1.54, 1.807) is 34.1 Å².